The van der Waals surface area contributed by atoms with Gasteiger partial charge in [-0.1, -0.05) is 54.6 Å². The molecule has 4 nitrogen and oxygen atoms in total. The molecule has 1 atom stereocenters. The molecule has 1 amide bonds. The van der Waals surface area contributed by atoms with Crippen LogP contribution in [0.5, 0.6) is 0 Å². The van der Waals surface area contributed by atoms with Crippen molar-refractivity contribution >= 4 is 5.91 Å². The van der Waals surface area contributed by atoms with Crippen LogP contribution in [0.4, 0.5) is 0 Å². The van der Waals surface area contributed by atoms with Crippen LogP contribution in [0.15, 0.2) is 54.6 Å². The predicted molar refractivity (Wildman–Crippen MR) is 118 cm³/mol. The summed E-state index contributed by atoms with van der Waals surface area (Å²) in [4.78, 5) is 13.2. The molecule has 156 valence electrons. The molecule has 1 saturated heterocycles. The molecule has 0 radical (unpaired) electrons. The SMILES string of the molecule is Cc1ccccc1C(C)(C)C(=O)NCC1(N[C@@H](C)c2ccccc2)CCOCC1. The average molecular weight is 395 g/mol. The monoisotopic (exact) mass is 394 g/mol. The van der Waals surface area contributed by atoms with Crippen molar-refractivity contribution in [3.05, 3.63) is 71.3 Å². The molecule has 1 heterocycles. The normalized spacial score (nSPS) is 17.5. The summed E-state index contributed by atoms with van der Waals surface area (Å²) in [5, 5.41) is 7.07. The Morgan fingerprint density at radius 2 is 1.69 bits per heavy atom. The van der Waals surface area contributed by atoms with Gasteiger partial charge < -0.3 is 15.4 Å². The third kappa shape index (κ3) is 5.06. The minimum Gasteiger partial charge on any atom is -0.381 e. The Balaban J connectivity index is 1.72. The Labute approximate surface area is 175 Å². The predicted octanol–water partition coefficient (Wildman–Crippen LogP) is 4.29. The van der Waals surface area contributed by atoms with Crippen molar-refractivity contribution in [2.45, 2.75) is 57.5 Å². The van der Waals surface area contributed by atoms with Crippen molar-refractivity contribution in [1.82, 2.24) is 10.6 Å². The molecule has 0 saturated carbocycles. The van der Waals surface area contributed by atoms with Crippen molar-refractivity contribution in [1.29, 1.82) is 0 Å². The lowest BCUT2D eigenvalue weighted by Crippen LogP contribution is -2.58. The van der Waals surface area contributed by atoms with Crippen LogP contribution >= 0.6 is 0 Å². The van der Waals surface area contributed by atoms with E-state index in [1.807, 2.05) is 32.0 Å². The number of rotatable bonds is 7. The van der Waals surface area contributed by atoms with E-state index in [1.54, 1.807) is 0 Å². The van der Waals surface area contributed by atoms with Crippen molar-refractivity contribution < 1.29 is 9.53 Å². The average Bonchev–Trinajstić information content (AvgIpc) is 2.73. The molecule has 2 aromatic carbocycles. The zero-order chi connectivity index (χ0) is 20.9. The first-order valence-corrected chi connectivity index (χ1v) is 10.6. The Hall–Kier alpha value is -2.17. The van der Waals surface area contributed by atoms with Crippen molar-refractivity contribution in [2.24, 2.45) is 0 Å². The third-order valence-corrected chi connectivity index (χ3v) is 6.25. The Morgan fingerprint density at radius 1 is 1.07 bits per heavy atom. The molecule has 29 heavy (non-hydrogen) atoms. The Morgan fingerprint density at radius 3 is 2.34 bits per heavy atom. The molecular formula is C25H34N2O2. The summed E-state index contributed by atoms with van der Waals surface area (Å²) in [6.07, 6.45) is 1.77. The third-order valence-electron chi connectivity index (χ3n) is 6.25. The standard InChI is InChI=1S/C25H34N2O2/c1-19-10-8-9-13-22(19)24(3,4)23(28)26-18-25(14-16-29-17-15-25)27-20(2)21-11-6-5-7-12-21/h5-13,20,27H,14-18H2,1-4H3,(H,26,28)/t20-/m0/s1. The highest BCUT2D eigenvalue weighted by Crippen LogP contribution is 2.28. The van der Waals surface area contributed by atoms with Crippen LogP contribution in [-0.4, -0.2) is 31.2 Å². The minimum absolute atomic E-state index is 0.0619. The summed E-state index contributed by atoms with van der Waals surface area (Å²) in [5.74, 6) is 0.0619. The van der Waals surface area contributed by atoms with Crippen LogP contribution in [0.2, 0.25) is 0 Å². The maximum Gasteiger partial charge on any atom is 0.230 e. The van der Waals surface area contributed by atoms with Gasteiger partial charge in [0.2, 0.25) is 5.91 Å². The largest absolute Gasteiger partial charge is 0.381 e. The molecule has 0 unspecified atom stereocenters. The van der Waals surface area contributed by atoms with Gasteiger partial charge in [-0.05, 0) is 57.2 Å². The fourth-order valence-corrected chi connectivity index (χ4v) is 4.29. The van der Waals surface area contributed by atoms with E-state index >= 15 is 0 Å². The number of hydrogen-bond donors (Lipinski definition) is 2. The molecule has 0 spiro atoms. The topological polar surface area (TPSA) is 50.4 Å². The number of amides is 1. The highest BCUT2D eigenvalue weighted by Gasteiger charge is 2.37. The molecule has 1 aliphatic rings. The lowest BCUT2D eigenvalue weighted by atomic mass is 9.80. The lowest BCUT2D eigenvalue weighted by molar-refractivity contribution is -0.126. The summed E-state index contributed by atoms with van der Waals surface area (Å²) in [5.41, 5.74) is 2.73. The van der Waals surface area contributed by atoms with E-state index in [2.05, 4.69) is 60.9 Å². The molecule has 4 heteroatoms. The van der Waals surface area contributed by atoms with Crippen LogP contribution in [0.1, 0.15) is 56.3 Å². The van der Waals surface area contributed by atoms with Crippen molar-refractivity contribution in [3.63, 3.8) is 0 Å². The van der Waals surface area contributed by atoms with Gasteiger partial charge in [-0.3, -0.25) is 4.79 Å². The number of benzene rings is 2. The maximum atomic E-state index is 13.2. The van der Waals surface area contributed by atoms with Gasteiger partial charge in [-0.25, -0.2) is 0 Å². The van der Waals surface area contributed by atoms with Crippen LogP contribution < -0.4 is 10.6 Å². The van der Waals surface area contributed by atoms with E-state index in [9.17, 15) is 4.79 Å². The Bertz CT molecular complexity index is 811. The summed E-state index contributed by atoms with van der Waals surface area (Å²) < 4.78 is 5.62. The fourth-order valence-electron chi connectivity index (χ4n) is 4.29. The second-order valence-corrected chi connectivity index (χ2v) is 8.79. The zero-order valence-electron chi connectivity index (χ0n) is 18.1. The summed E-state index contributed by atoms with van der Waals surface area (Å²) in [6.45, 7) is 10.3. The number of hydrogen-bond acceptors (Lipinski definition) is 3. The van der Waals surface area contributed by atoms with E-state index in [-0.39, 0.29) is 17.5 Å². The molecule has 0 aromatic heterocycles. The van der Waals surface area contributed by atoms with Gasteiger partial charge in [-0.15, -0.1) is 0 Å². The highest BCUT2D eigenvalue weighted by molar-refractivity contribution is 5.87. The van der Waals surface area contributed by atoms with Crippen LogP contribution in [0.25, 0.3) is 0 Å². The van der Waals surface area contributed by atoms with E-state index in [4.69, 9.17) is 4.74 Å². The fraction of sp³-hybridized carbons (Fsp3) is 0.480. The first-order chi connectivity index (χ1) is 13.8. The van der Waals surface area contributed by atoms with E-state index < -0.39 is 5.41 Å². The van der Waals surface area contributed by atoms with Gasteiger partial charge in [0, 0.05) is 31.3 Å². The molecule has 0 bridgehead atoms. The van der Waals surface area contributed by atoms with Crippen molar-refractivity contribution in [3.8, 4) is 0 Å². The number of aryl methyl sites for hydroxylation is 1. The van der Waals surface area contributed by atoms with Crippen LogP contribution in [0.3, 0.4) is 0 Å². The summed E-state index contributed by atoms with van der Waals surface area (Å²) in [6, 6.07) is 18.8. The molecule has 3 rings (SSSR count). The number of nitrogens with one attached hydrogen (secondary N) is 2. The van der Waals surface area contributed by atoms with Crippen molar-refractivity contribution in [2.75, 3.05) is 19.8 Å². The number of carbonyl (C=O) groups is 1. The summed E-state index contributed by atoms with van der Waals surface area (Å²) in [7, 11) is 0. The molecule has 2 N–H and O–H groups in total. The van der Waals surface area contributed by atoms with E-state index in [1.165, 1.54) is 5.56 Å². The van der Waals surface area contributed by atoms with Crippen LogP contribution in [-0.2, 0) is 14.9 Å². The second kappa shape index (κ2) is 9.10. The van der Waals surface area contributed by atoms with Crippen LogP contribution in [0, 0.1) is 6.92 Å². The van der Waals surface area contributed by atoms with Gasteiger partial charge in [0.05, 0.1) is 5.41 Å². The first-order valence-electron chi connectivity index (χ1n) is 10.6. The second-order valence-electron chi connectivity index (χ2n) is 8.79. The number of ether oxygens (including phenoxy) is 1. The smallest absolute Gasteiger partial charge is 0.230 e. The summed E-state index contributed by atoms with van der Waals surface area (Å²) >= 11 is 0. The minimum atomic E-state index is -0.581. The van der Waals surface area contributed by atoms with Gasteiger partial charge >= 0.3 is 0 Å². The van der Waals surface area contributed by atoms with Gasteiger partial charge in [0.25, 0.3) is 0 Å². The number of carbonyl (C=O) groups excluding carboxylic acids is 1. The molecule has 1 fully saturated rings. The zero-order valence-corrected chi connectivity index (χ0v) is 18.1. The maximum absolute atomic E-state index is 13.2. The molecule has 0 aliphatic carbocycles. The van der Waals surface area contributed by atoms with E-state index in [0.29, 0.717) is 19.8 Å². The van der Waals surface area contributed by atoms with Gasteiger partial charge in [0.15, 0.2) is 0 Å². The highest BCUT2D eigenvalue weighted by atomic mass is 16.5. The molecule has 2 aromatic rings. The molecular weight excluding hydrogens is 360 g/mol. The lowest BCUT2D eigenvalue weighted by Gasteiger charge is -2.41. The molecule has 1 aliphatic heterocycles. The quantitative estimate of drug-likeness (QED) is 0.737. The Kier molecular flexibility index (Phi) is 6.76. The van der Waals surface area contributed by atoms with Gasteiger partial charge in [-0.2, -0.15) is 0 Å². The van der Waals surface area contributed by atoms with E-state index in [0.717, 1.165) is 24.0 Å². The van der Waals surface area contributed by atoms with Gasteiger partial charge in [0.1, 0.15) is 0 Å². The first kappa shape index (κ1) is 21.5.